The summed E-state index contributed by atoms with van der Waals surface area (Å²) in [4.78, 5) is 24.3. The molecule has 1 aliphatic heterocycles. The topological polar surface area (TPSA) is 69.6 Å². The van der Waals surface area contributed by atoms with Crippen molar-refractivity contribution in [2.45, 2.75) is 19.8 Å². The predicted molar refractivity (Wildman–Crippen MR) is 77.0 cm³/mol. The molecule has 0 spiro atoms. The third-order valence-corrected chi connectivity index (χ3v) is 3.73. The number of anilines is 1. The summed E-state index contributed by atoms with van der Waals surface area (Å²) in [6, 6.07) is 7.11. The summed E-state index contributed by atoms with van der Waals surface area (Å²) in [6.07, 6.45) is 1.93. The Morgan fingerprint density at radius 3 is 2.55 bits per heavy atom. The Morgan fingerprint density at radius 2 is 1.95 bits per heavy atom. The molecule has 0 saturated carbocycles. The molecule has 0 aromatic heterocycles. The number of aromatic carboxylic acids is 1. The van der Waals surface area contributed by atoms with Gasteiger partial charge in [-0.05, 0) is 30.9 Å². The molecule has 0 unspecified atom stereocenters. The molecule has 1 fully saturated rings. The highest BCUT2D eigenvalue weighted by Gasteiger charge is 2.22. The number of hydrogen-bond donors (Lipinski definition) is 2. The first-order valence-corrected chi connectivity index (χ1v) is 6.89. The molecule has 1 heterocycles. The lowest BCUT2D eigenvalue weighted by molar-refractivity contribution is -0.119. The van der Waals surface area contributed by atoms with Crippen LogP contribution in [0, 0.1) is 5.92 Å². The number of carboxylic acid groups (broad SMARTS) is 1. The molecule has 108 valence electrons. The molecule has 1 saturated heterocycles. The average Bonchev–Trinajstić information content (AvgIpc) is 2.45. The van der Waals surface area contributed by atoms with Gasteiger partial charge in [-0.2, -0.15) is 0 Å². The Morgan fingerprint density at radius 1 is 1.30 bits per heavy atom. The zero-order chi connectivity index (χ0) is 14.5. The highest BCUT2D eigenvalue weighted by atomic mass is 16.4. The van der Waals surface area contributed by atoms with Gasteiger partial charge in [-0.1, -0.05) is 12.1 Å². The van der Waals surface area contributed by atoms with E-state index in [4.69, 9.17) is 0 Å². The Balaban J connectivity index is 1.97. The zero-order valence-electron chi connectivity index (χ0n) is 11.6. The maximum atomic E-state index is 11.2. The predicted octanol–water partition coefficient (Wildman–Crippen LogP) is 1.74. The summed E-state index contributed by atoms with van der Waals surface area (Å²) in [6.45, 7) is 3.89. The third-order valence-electron chi connectivity index (χ3n) is 3.73. The van der Waals surface area contributed by atoms with Crippen molar-refractivity contribution in [3.05, 3.63) is 29.8 Å². The number of nitrogens with one attached hydrogen (secondary N) is 1. The van der Waals surface area contributed by atoms with Crippen LogP contribution in [0.2, 0.25) is 0 Å². The Kier molecular flexibility index (Phi) is 4.61. The first-order valence-electron chi connectivity index (χ1n) is 6.89. The molecule has 1 aromatic carbocycles. The number of carbonyl (C=O) groups is 2. The lowest BCUT2D eigenvalue weighted by Gasteiger charge is -2.34. The van der Waals surface area contributed by atoms with Gasteiger partial charge in [-0.15, -0.1) is 0 Å². The van der Waals surface area contributed by atoms with Crippen LogP contribution in [0.1, 0.15) is 30.1 Å². The molecule has 0 aliphatic carbocycles. The highest BCUT2D eigenvalue weighted by molar-refractivity contribution is 5.94. The van der Waals surface area contributed by atoms with E-state index in [-0.39, 0.29) is 5.91 Å². The summed E-state index contributed by atoms with van der Waals surface area (Å²) in [5, 5.41) is 12.1. The van der Waals surface area contributed by atoms with Crippen LogP contribution in [0.15, 0.2) is 24.3 Å². The van der Waals surface area contributed by atoms with Crippen molar-refractivity contribution < 1.29 is 14.7 Å². The van der Waals surface area contributed by atoms with E-state index in [2.05, 4.69) is 10.2 Å². The number of carboxylic acids is 1. The van der Waals surface area contributed by atoms with Gasteiger partial charge in [0.1, 0.15) is 0 Å². The molecule has 0 radical (unpaired) electrons. The van der Waals surface area contributed by atoms with Gasteiger partial charge in [0, 0.05) is 26.6 Å². The fourth-order valence-corrected chi connectivity index (χ4v) is 2.60. The number of benzene rings is 1. The van der Waals surface area contributed by atoms with E-state index in [9.17, 15) is 14.7 Å². The van der Waals surface area contributed by atoms with Crippen molar-refractivity contribution in [1.29, 1.82) is 0 Å². The van der Waals surface area contributed by atoms with Crippen LogP contribution in [0.25, 0.3) is 0 Å². The van der Waals surface area contributed by atoms with E-state index in [0.717, 1.165) is 31.6 Å². The molecule has 5 heteroatoms. The van der Waals surface area contributed by atoms with Crippen LogP contribution in [0.4, 0.5) is 5.69 Å². The first-order chi connectivity index (χ1) is 9.58. The van der Waals surface area contributed by atoms with Crippen molar-refractivity contribution in [3.63, 3.8) is 0 Å². The molecular formula is C15H20N2O3. The van der Waals surface area contributed by atoms with Gasteiger partial charge in [0.15, 0.2) is 0 Å². The summed E-state index contributed by atoms with van der Waals surface area (Å²) in [5.74, 6) is -0.406. The van der Waals surface area contributed by atoms with E-state index in [1.807, 2.05) is 12.1 Å². The lowest BCUT2D eigenvalue weighted by Crippen LogP contribution is -2.38. The summed E-state index contributed by atoms with van der Waals surface area (Å²) < 4.78 is 0. The number of amides is 1. The van der Waals surface area contributed by atoms with Gasteiger partial charge in [-0.3, -0.25) is 4.79 Å². The number of carbonyl (C=O) groups excluding carboxylic acids is 1. The van der Waals surface area contributed by atoms with Crippen LogP contribution in [0.5, 0.6) is 0 Å². The van der Waals surface area contributed by atoms with Crippen LogP contribution in [0.3, 0.4) is 0 Å². The Hall–Kier alpha value is -2.04. The van der Waals surface area contributed by atoms with Crippen molar-refractivity contribution in [1.82, 2.24) is 5.32 Å². The normalized spacial score (nSPS) is 15.9. The Labute approximate surface area is 118 Å². The summed E-state index contributed by atoms with van der Waals surface area (Å²) in [7, 11) is 0. The molecule has 1 amide bonds. The van der Waals surface area contributed by atoms with Gasteiger partial charge >= 0.3 is 5.97 Å². The number of para-hydroxylation sites is 1. The number of nitrogens with zero attached hydrogens (tertiary/aromatic N) is 1. The van der Waals surface area contributed by atoms with Crippen molar-refractivity contribution in [2.75, 3.05) is 24.5 Å². The minimum absolute atomic E-state index is 0.00338. The van der Waals surface area contributed by atoms with Gasteiger partial charge in [-0.25, -0.2) is 4.79 Å². The zero-order valence-corrected chi connectivity index (χ0v) is 11.6. The minimum atomic E-state index is -0.888. The first kappa shape index (κ1) is 14.4. The fraction of sp³-hybridized carbons (Fsp3) is 0.467. The molecular weight excluding hydrogens is 256 g/mol. The van der Waals surface area contributed by atoms with Crippen molar-refractivity contribution in [3.8, 4) is 0 Å². The minimum Gasteiger partial charge on any atom is -0.478 e. The van der Waals surface area contributed by atoms with Crippen molar-refractivity contribution >= 4 is 17.6 Å². The second-order valence-corrected chi connectivity index (χ2v) is 5.19. The summed E-state index contributed by atoms with van der Waals surface area (Å²) >= 11 is 0. The average molecular weight is 276 g/mol. The summed E-state index contributed by atoms with van der Waals surface area (Å²) in [5.41, 5.74) is 1.14. The van der Waals surface area contributed by atoms with Gasteiger partial charge in [0.05, 0.1) is 11.3 Å². The molecule has 2 rings (SSSR count). The molecule has 1 aliphatic rings. The van der Waals surface area contributed by atoms with Crippen LogP contribution in [-0.2, 0) is 4.79 Å². The monoisotopic (exact) mass is 276 g/mol. The van der Waals surface area contributed by atoms with Crippen LogP contribution in [-0.4, -0.2) is 36.6 Å². The molecule has 5 nitrogen and oxygen atoms in total. The number of piperidine rings is 1. The molecule has 1 aromatic rings. The second kappa shape index (κ2) is 6.41. The third kappa shape index (κ3) is 3.50. The fourth-order valence-electron chi connectivity index (χ4n) is 2.60. The van der Waals surface area contributed by atoms with E-state index < -0.39 is 5.97 Å². The largest absolute Gasteiger partial charge is 0.478 e. The quantitative estimate of drug-likeness (QED) is 0.879. The Bertz CT molecular complexity index is 494. The maximum absolute atomic E-state index is 11.2. The number of hydrogen-bond acceptors (Lipinski definition) is 3. The van der Waals surface area contributed by atoms with E-state index in [1.54, 1.807) is 12.1 Å². The standard InChI is InChI=1S/C15H20N2O3/c1-11(18)16-10-12-6-8-17(9-7-12)14-5-3-2-4-13(14)15(19)20/h2-5,12H,6-10H2,1H3,(H,16,18)(H,19,20). The maximum Gasteiger partial charge on any atom is 0.337 e. The molecule has 2 N–H and O–H groups in total. The van der Waals surface area contributed by atoms with Crippen molar-refractivity contribution in [2.24, 2.45) is 5.92 Å². The number of rotatable bonds is 4. The highest BCUT2D eigenvalue weighted by Crippen LogP contribution is 2.26. The van der Waals surface area contributed by atoms with Crippen LogP contribution >= 0.6 is 0 Å². The smallest absolute Gasteiger partial charge is 0.337 e. The SMILES string of the molecule is CC(=O)NCC1CCN(c2ccccc2C(=O)O)CC1. The van der Waals surface area contributed by atoms with E-state index in [1.165, 1.54) is 6.92 Å². The van der Waals surface area contributed by atoms with Crippen LogP contribution < -0.4 is 10.2 Å². The van der Waals surface area contributed by atoms with E-state index >= 15 is 0 Å². The van der Waals surface area contributed by atoms with Gasteiger partial charge in [0.25, 0.3) is 0 Å². The van der Waals surface area contributed by atoms with E-state index in [0.29, 0.717) is 18.0 Å². The second-order valence-electron chi connectivity index (χ2n) is 5.19. The van der Waals surface area contributed by atoms with Gasteiger partial charge < -0.3 is 15.3 Å². The van der Waals surface area contributed by atoms with Gasteiger partial charge in [0.2, 0.25) is 5.91 Å². The molecule has 20 heavy (non-hydrogen) atoms. The molecule has 0 atom stereocenters. The lowest BCUT2D eigenvalue weighted by atomic mass is 9.96. The molecule has 0 bridgehead atoms.